The fourth-order valence-electron chi connectivity index (χ4n) is 10.5. The molecule has 2 aromatic heterocycles. The Morgan fingerprint density at radius 3 is 1.82 bits per heavy atom. The Bertz CT molecular complexity index is 3650. The molecule has 0 spiro atoms. The van der Waals surface area contributed by atoms with E-state index in [9.17, 15) is 0 Å². The van der Waals surface area contributed by atoms with E-state index in [1.807, 2.05) is 11.3 Å². The summed E-state index contributed by atoms with van der Waals surface area (Å²) in [6.45, 7) is 0. The quantitative estimate of drug-likeness (QED) is 0.166. The minimum absolute atomic E-state index is 0.533. The number of benzene rings is 10. The van der Waals surface area contributed by atoms with Gasteiger partial charge in [0, 0.05) is 47.6 Å². The van der Waals surface area contributed by atoms with Gasteiger partial charge in [-0.1, -0.05) is 176 Å². The van der Waals surface area contributed by atoms with Gasteiger partial charge >= 0.3 is 0 Å². The fraction of sp³-hybridized carbons (Fsp3) is 0.0169. The van der Waals surface area contributed by atoms with Crippen LogP contribution < -0.4 is 4.90 Å². The monoisotopic (exact) mass is 807 g/mol. The van der Waals surface area contributed by atoms with E-state index in [-0.39, 0.29) is 0 Å². The number of hydrogen-bond donors (Lipinski definition) is 0. The van der Waals surface area contributed by atoms with Gasteiger partial charge in [0.15, 0.2) is 5.58 Å². The number of anilines is 3. The van der Waals surface area contributed by atoms with E-state index < -0.39 is 5.41 Å². The lowest BCUT2D eigenvalue weighted by Gasteiger charge is -2.34. The molecule has 2 heterocycles. The van der Waals surface area contributed by atoms with Crippen LogP contribution >= 0.6 is 11.3 Å². The molecule has 1 aliphatic rings. The highest BCUT2D eigenvalue weighted by Gasteiger charge is 2.47. The van der Waals surface area contributed by atoms with E-state index in [0.29, 0.717) is 0 Å². The molecule has 0 saturated heterocycles. The summed E-state index contributed by atoms with van der Waals surface area (Å²) in [6, 6.07) is 82.2. The van der Waals surface area contributed by atoms with Crippen molar-refractivity contribution in [2.75, 3.05) is 4.90 Å². The van der Waals surface area contributed by atoms with Crippen LogP contribution in [0.15, 0.2) is 229 Å². The van der Waals surface area contributed by atoms with Gasteiger partial charge in [0.2, 0.25) is 0 Å². The van der Waals surface area contributed by atoms with Gasteiger partial charge in [-0.15, -0.1) is 11.3 Å². The van der Waals surface area contributed by atoms with Crippen molar-refractivity contribution in [2.45, 2.75) is 5.41 Å². The van der Waals surface area contributed by atoms with Crippen LogP contribution in [0.1, 0.15) is 22.3 Å². The number of hydrogen-bond acceptors (Lipinski definition) is 3. The molecule has 0 aliphatic heterocycles. The second-order valence-electron chi connectivity index (χ2n) is 16.3. The predicted molar refractivity (Wildman–Crippen MR) is 262 cm³/mol. The first kappa shape index (κ1) is 35.1. The molecule has 12 aromatic rings. The van der Waals surface area contributed by atoms with Crippen molar-refractivity contribution in [3.63, 3.8) is 0 Å². The molecule has 0 amide bonds. The maximum Gasteiger partial charge on any atom is 0.159 e. The Labute approximate surface area is 363 Å². The number of furan rings is 1. The Hall–Kier alpha value is -7.72. The van der Waals surface area contributed by atoms with E-state index >= 15 is 0 Å². The van der Waals surface area contributed by atoms with Crippen molar-refractivity contribution >= 4 is 81.3 Å². The smallest absolute Gasteiger partial charge is 0.159 e. The second-order valence-corrected chi connectivity index (χ2v) is 17.4. The third kappa shape index (κ3) is 5.03. The summed E-state index contributed by atoms with van der Waals surface area (Å²) in [6.07, 6.45) is 0. The van der Waals surface area contributed by atoms with Crippen LogP contribution in [-0.2, 0) is 5.41 Å². The van der Waals surface area contributed by atoms with Crippen molar-refractivity contribution in [1.82, 2.24) is 0 Å². The van der Waals surface area contributed by atoms with Crippen molar-refractivity contribution in [1.29, 1.82) is 0 Å². The van der Waals surface area contributed by atoms with Crippen LogP contribution in [-0.4, -0.2) is 0 Å². The Balaban J connectivity index is 1.07. The van der Waals surface area contributed by atoms with Gasteiger partial charge in [-0.25, -0.2) is 0 Å². The zero-order valence-electron chi connectivity index (χ0n) is 33.6. The van der Waals surface area contributed by atoms with Crippen molar-refractivity contribution in [3.8, 4) is 22.3 Å². The SMILES string of the molecule is c1ccc(C2(c3ccccc3)c3ccccc3-c3c(N(c4ccc(-c5ccc6sc7ccccc7c6c5)cc4)c4cccc5c4oc4c6ccccc6ccc54)cccc32)cc1. The molecule has 3 heteroatoms. The first-order valence-electron chi connectivity index (χ1n) is 21.2. The molecular formula is C59H37NOS. The van der Waals surface area contributed by atoms with Crippen molar-refractivity contribution in [2.24, 2.45) is 0 Å². The molecule has 0 bridgehead atoms. The molecule has 13 rings (SSSR count). The maximum absolute atomic E-state index is 7.11. The van der Waals surface area contributed by atoms with E-state index in [0.717, 1.165) is 49.8 Å². The van der Waals surface area contributed by atoms with Gasteiger partial charge in [-0.05, 0) is 92.9 Å². The first-order valence-corrected chi connectivity index (χ1v) is 22.1. The van der Waals surface area contributed by atoms with Crippen LogP contribution in [0, 0.1) is 0 Å². The summed E-state index contributed by atoms with van der Waals surface area (Å²) in [5.74, 6) is 0. The average Bonchev–Trinajstić information content (AvgIpc) is 4.02. The lowest BCUT2D eigenvalue weighted by molar-refractivity contribution is 0.673. The molecule has 0 unspecified atom stereocenters. The third-order valence-corrected chi connectivity index (χ3v) is 14.3. The van der Waals surface area contributed by atoms with Gasteiger partial charge in [-0.2, -0.15) is 0 Å². The fourth-order valence-corrected chi connectivity index (χ4v) is 11.6. The van der Waals surface area contributed by atoms with Crippen LogP contribution in [0.5, 0.6) is 0 Å². The predicted octanol–water partition coefficient (Wildman–Crippen LogP) is 16.6. The number of rotatable bonds is 6. The molecular weight excluding hydrogens is 771 g/mol. The summed E-state index contributed by atoms with van der Waals surface area (Å²) in [5.41, 5.74) is 14.2. The molecule has 62 heavy (non-hydrogen) atoms. The molecule has 290 valence electrons. The summed E-state index contributed by atoms with van der Waals surface area (Å²) in [4.78, 5) is 2.44. The molecule has 10 aromatic carbocycles. The van der Waals surface area contributed by atoms with Crippen LogP contribution in [0.2, 0.25) is 0 Å². The molecule has 0 N–H and O–H groups in total. The standard InChI is InChI=1S/C59H37NOS/c1-3-16-41(17-4-1)59(42-18-5-2-6-19-42)50-24-11-9-22-48(50)56-51(59)25-14-26-52(56)60(53-27-13-23-46-47-35-31-39-15-7-8-20-44(39)57(47)61-58(46)53)43-33-29-38(30-34-43)40-32-36-55-49(37-40)45-21-10-12-28-54(45)62-55/h1-37H. The normalized spacial score (nSPS) is 13.0. The molecule has 1 aliphatic carbocycles. The highest BCUT2D eigenvalue weighted by Crippen LogP contribution is 2.60. The van der Waals surface area contributed by atoms with Gasteiger partial charge < -0.3 is 9.32 Å². The van der Waals surface area contributed by atoms with Crippen LogP contribution in [0.4, 0.5) is 17.1 Å². The zero-order valence-corrected chi connectivity index (χ0v) is 34.4. The summed E-state index contributed by atoms with van der Waals surface area (Å²) >= 11 is 1.86. The molecule has 2 nitrogen and oxygen atoms in total. The average molecular weight is 808 g/mol. The summed E-state index contributed by atoms with van der Waals surface area (Å²) in [7, 11) is 0. The van der Waals surface area contributed by atoms with Gasteiger partial charge in [0.25, 0.3) is 0 Å². The summed E-state index contributed by atoms with van der Waals surface area (Å²) in [5, 5.41) is 7.10. The molecule has 0 atom stereocenters. The molecule has 0 radical (unpaired) electrons. The lowest BCUT2D eigenvalue weighted by atomic mass is 9.68. The van der Waals surface area contributed by atoms with E-state index in [4.69, 9.17) is 4.42 Å². The second kappa shape index (κ2) is 13.7. The molecule has 0 fully saturated rings. The van der Waals surface area contributed by atoms with E-state index in [1.165, 1.54) is 64.7 Å². The number of fused-ring (bicyclic) bond motifs is 11. The Morgan fingerprint density at radius 2 is 1.00 bits per heavy atom. The highest BCUT2D eigenvalue weighted by atomic mass is 32.1. The largest absolute Gasteiger partial charge is 0.453 e. The molecule has 0 saturated carbocycles. The van der Waals surface area contributed by atoms with Crippen LogP contribution in [0.3, 0.4) is 0 Å². The maximum atomic E-state index is 7.11. The summed E-state index contributed by atoms with van der Waals surface area (Å²) < 4.78 is 9.74. The minimum Gasteiger partial charge on any atom is -0.453 e. The van der Waals surface area contributed by atoms with Gasteiger partial charge in [-0.3, -0.25) is 0 Å². The topological polar surface area (TPSA) is 16.4 Å². The lowest BCUT2D eigenvalue weighted by Crippen LogP contribution is -2.28. The van der Waals surface area contributed by atoms with Gasteiger partial charge in [0.1, 0.15) is 5.58 Å². The highest BCUT2D eigenvalue weighted by molar-refractivity contribution is 7.25. The zero-order chi connectivity index (χ0) is 40.8. The number of para-hydroxylation sites is 1. The van der Waals surface area contributed by atoms with E-state index in [1.54, 1.807) is 0 Å². The van der Waals surface area contributed by atoms with E-state index in [2.05, 4.69) is 229 Å². The Kier molecular flexibility index (Phi) is 7.72. The van der Waals surface area contributed by atoms with Crippen molar-refractivity contribution < 1.29 is 4.42 Å². The Morgan fingerprint density at radius 1 is 0.387 bits per heavy atom. The van der Waals surface area contributed by atoms with Crippen LogP contribution in [0.25, 0.3) is 75.1 Å². The number of thiophene rings is 1. The minimum atomic E-state index is -0.533. The number of nitrogens with zero attached hydrogens (tertiary/aromatic N) is 1. The third-order valence-electron chi connectivity index (χ3n) is 13.1. The first-order chi connectivity index (χ1) is 30.8. The van der Waals surface area contributed by atoms with Gasteiger partial charge in [0.05, 0.1) is 16.8 Å². The van der Waals surface area contributed by atoms with Crippen molar-refractivity contribution in [3.05, 3.63) is 247 Å².